The lowest BCUT2D eigenvalue weighted by atomic mass is 9.82. The number of nitrogens with two attached hydrogens (primary N) is 1. The Morgan fingerprint density at radius 3 is 2.00 bits per heavy atom. The Labute approximate surface area is 182 Å². The van der Waals surface area contributed by atoms with E-state index in [2.05, 4.69) is 30.6 Å². The molecule has 168 valence electrons. The van der Waals surface area contributed by atoms with Crippen molar-refractivity contribution < 1.29 is 31.2 Å². The molecule has 0 amide bonds. The molecule has 1 aliphatic carbocycles. The molecule has 0 spiro atoms. The van der Waals surface area contributed by atoms with E-state index < -0.39 is 10.4 Å². The third-order valence-electron chi connectivity index (χ3n) is 4.64. The van der Waals surface area contributed by atoms with Crippen molar-refractivity contribution in [3.63, 3.8) is 0 Å². The second-order valence-electron chi connectivity index (χ2n) is 8.04. The Morgan fingerprint density at radius 1 is 1.00 bits per heavy atom. The summed E-state index contributed by atoms with van der Waals surface area (Å²) in [5.74, 6) is -0.329. The number of nitrogens with one attached hydrogen (secondary N) is 1. The first-order chi connectivity index (χ1) is 14.4. The second-order valence-corrected chi connectivity index (χ2v) is 9.23. The number of quaternary nitrogens is 1. The number of anilines is 2. The van der Waals surface area contributed by atoms with Crippen LogP contribution in [0.2, 0.25) is 0 Å². The molecule has 0 saturated carbocycles. The Balaban J connectivity index is 0.000000501. The van der Waals surface area contributed by atoms with Gasteiger partial charge in [0.1, 0.15) is 0 Å². The van der Waals surface area contributed by atoms with Crippen molar-refractivity contribution in [2.24, 2.45) is 0 Å². The molecule has 0 aromatic heterocycles. The van der Waals surface area contributed by atoms with E-state index in [9.17, 15) is 18.0 Å². The maximum absolute atomic E-state index is 13.0. The fraction of sp³-hybridized carbons (Fsp3) is 0.333. The fourth-order valence-corrected chi connectivity index (χ4v) is 3.17. The van der Waals surface area contributed by atoms with E-state index in [1.807, 2.05) is 0 Å². The zero-order chi connectivity index (χ0) is 23.4. The molecule has 0 heterocycles. The number of hydrogen-bond acceptors (Lipinski definition) is 7. The molecule has 1 aliphatic rings. The van der Waals surface area contributed by atoms with Crippen LogP contribution in [0.25, 0.3) is 0 Å². The Hall–Kier alpha value is -2.79. The van der Waals surface area contributed by atoms with Gasteiger partial charge in [-0.2, -0.15) is 8.42 Å². The second kappa shape index (κ2) is 9.56. The predicted molar refractivity (Wildman–Crippen MR) is 119 cm³/mol. The number of fused-ring (bicyclic) bond motifs is 2. The van der Waals surface area contributed by atoms with Gasteiger partial charge >= 0.3 is 10.4 Å². The summed E-state index contributed by atoms with van der Waals surface area (Å²) >= 11 is 0. The van der Waals surface area contributed by atoms with Gasteiger partial charge in [-0.05, 0) is 12.1 Å². The van der Waals surface area contributed by atoms with Crippen molar-refractivity contribution in [2.45, 2.75) is 6.42 Å². The van der Waals surface area contributed by atoms with Crippen molar-refractivity contribution in [2.75, 3.05) is 52.4 Å². The van der Waals surface area contributed by atoms with Crippen molar-refractivity contribution in [1.82, 2.24) is 0 Å². The topological polar surface area (TPSA) is 136 Å². The van der Waals surface area contributed by atoms with Crippen LogP contribution in [0.1, 0.15) is 38.3 Å². The maximum atomic E-state index is 13.0. The average Bonchev–Trinajstić information content (AvgIpc) is 2.69. The molecule has 2 aromatic carbocycles. The SMILES string of the molecule is COS(=O)(=O)O.C[N+](C)(C)CCCNc1ccc(N)c2c1C(=O)c1ccccc1C2=O. The molecular weight excluding hydrogens is 422 g/mol. The van der Waals surface area contributed by atoms with Gasteiger partial charge in [0.15, 0.2) is 11.6 Å². The van der Waals surface area contributed by atoms with Gasteiger partial charge < -0.3 is 15.5 Å². The molecule has 10 heteroatoms. The van der Waals surface area contributed by atoms with Gasteiger partial charge in [0.05, 0.1) is 45.9 Å². The number of hydrogen-bond donors (Lipinski definition) is 3. The third-order valence-corrected chi connectivity index (χ3v) is 5.06. The molecule has 0 radical (unpaired) electrons. The van der Waals surface area contributed by atoms with E-state index in [0.29, 0.717) is 33.6 Å². The van der Waals surface area contributed by atoms with Crippen LogP contribution in [0.4, 0.5) is 11.4 Å². The summed E-state index contributed by atoms with van der Waals surface area (Å²) in [7, 11) is 3.14. The first-order valence-corrected chi connectivity index (χ1v) is 10.9. The van der Waals surface area contributed by atoms with Crippen LogP contribution < -0.4 is 11.1 Å². The monoisotopic (exact) mass is 450 g/mol. The Morgan fingerprint density at radius 2 is 1.52 bits per heavy atom. The molecular formula is C21H28N3O6S+. The van der Waals surface area contributed by atoms with Crippen molar-refractivity contribution in [1.29, 1.82) is 0 Å². The van der Waals surface area contributed by atoms with Gasteiger partial charge in [-0.15, -0.1) is 0 Å². The average molecular weight is 451 g/mol. The number of benzene rings is 2. The Bertz CT molecular complexity index is 1090. The molecule has 0 saturated heterocycles. The van der Waals surface area contributed by atoms with Gasteiger partial charge in [0.2, 0.25) is 0 Å². The van der Waals surface area contributed by atoms with E-state index in [0.717, 1.165) is 31.1 Å². The minimum atomic E-state index is -4.16. The number of nitrogen functional groups attached to an aromatic ring is 1. The molecule has 3 rings (SSSR count). The third kappa shape index (κ3) is 6.34. The molecule has 0 atom stereocenters. The van der Waals surface area contributed by atoms with E-state index in [1.165, 1.54) is 0 Å². The van der Waals surface area contributed by atoms with Crippen molar-refractivity contribution in [3.8, 4) is 0 Å². The van der Waals surface area contributed by atoms with Gasteiger partial charge in [-0.25, -0.2) is 0 Å². The van der Waals surface area contributed by atoms with Crippen molar-refractivity contribution in [3.05, 3.63) is 58.7 Å². The highest BCUT2D eigenvalue weighted by Gasteiger charge is 2.33. The summed E-state index contributed by atoms with van der Waals surface area (Å²) in [5, 5.41) is 3.32. The predicted octanol–water partition coefficient (Wildman–Crippen LogP) is 1.99. The molecule has 2 aromatic rings. The molecule has 0 fully saturated rings. The first kappa shape index (κ1) is 24.5. The van der Waals surface area contributed by atoms with E-state index in [4.69, 9.17) is 10.3 Å². The molecule has 4 N–H and O–H groups in total. The van der Waals surface area contributed by atoms with E-state index >= 15 is 0 Å². The van der Waals surface area contributed by atoms with Gasteiger partial charge in [0, 0.05) is 35.5 Å². The summed E-state index contributed by atoms with van der Waals surface area (Å²) in [5.41, 5.74) is 8.64. The molecule has 31 heavy (non-hydrogen) atoms. The van der Waals surface area contributed by atoms with Gasteiger partial charge in [0.25, 0.3) is 0 Å². The van der Waals surface area contributed by atoms with Gasteiger partial charge in [-0.3, -0.25) is 18.3 Å². The molecule has 0 aliphatic heterocycles. The summed E-state index contributed by atoms with van der Waals surface area (Å²) in [4.78, 5) is 25.8. The zero-order valence-electron chi connectivity index (χ0n) is 18.0. The summed E-state index contributed by atoms with van der Waals surface area (Å²) in [6.07, 6.45) is 0.960. The van der Waals surface area contributed by atoms with Crippen LogP contribution in [0.5, 0.6) is 0 Å². The minimum absolute atomic E-state index is 0.147. The minimum Gasteiger partial charge on any atom is -0.398 e. The standard InChI is InChI=1S/C20H23N3O2.CH4O4S/c1-23(2,3)12-6-11-22-16-10-9-15(21)17-18(16)20(25)14-8-5-4-7-13(14)19(17)24;1-5-6(2,3)4/h4-5,7-10H,6,11-12H2,1-3H3,(H2-,21,22,24,25);1H3,(H,2,3,4)/p+1. The first-order valence-electron chi connectivity index (χ1n) is 9.54. The Kier molecular flexibility index (Phi) is 7.55. The van der Waals surface area contributed by atoms with Crippen LogP contribution in [-0.4, -0.2) is 70.4 Å². The van der Waals surface area contributed by atoms with Crippen LogP contribution >= 0.6 is 0 Å². The lowest BCUT2D eigenvalue weighted by Gasteiger charge is -2.25. The lowest BCUT2D eigenvalue weighted by molar-refractivity contribution is -0.870. The summed E-state index contributed by atoms with van der Waals surface area (Å²) < 4.78 is 30.6. The quantitative estimate of drug-likeness (QED) is 0.224. The maximum Gasteiger partial charge on any atom is 0.397 e. The smallest absolute Gasteiger partial charge is 0.397 e. The lowest BCUT2D eigenvalue weighted by Crippen LogP contribution is -2.36. The van der Waals surface area contributed by atoms with Crippen LogP contribution in [-0.2, 0) is 14.6 Å². The molecule has 0 bridgehead atoms. The normalized spacial score (nSPS) is 13.1. The largest absolute Gasteiger partial charge is 0.398 e. The van der Waals surface area contributed by atoms with E-state index in [1.54, 1.807) is 36.4 Å². The molecule has 0 unspecified atom stereocenters. The summed E-state index contributed by atoms with van der Waals surface area (Å²) in [6.45, 7) is 1.74. The highest BCUT2D eigenvalue weighted by atomic mass is 32.3. The van der Waals surface area contributed by atoms with Crippen LogP contribution in [0.3, 0.4) is 0 Å². The van der Waals surface area contributed by atoms with Crippen molar-refractivity contribution >= 4 is 33.3 Å². The summed E-state index contributed by atoms with van der Waals surface area (Å²) in [6, 6.07) is 10.4. The number of ketones is 2. The molecule has 9 nitrogen and oxygen atoms in total. The zero-order valence-corrected chi connectivity index (χ0v) is 18.8. The number of nitrogens with zero attached hydrogens (tertiary/aromatic N) is 1. The number of carbonyl (C=O) groups excluding carboxylic acids is 2. The van der Waals surface area contributed by atoms with Crippen LogP contribution in [0, 0.1) is 0 Å². The van der Waals surface area contributed by atoms with E-state index in [-0.39, 0.29) is 11.6 Å². The van der Waals surface area contributed by atoms with Gasteiger partial charge in [-0.1, -0.05) is 24.3 Å². The fourth-order valence-electron chi connectivity index (χ4n) is 3.17. The highest BCUT2D eigenvalue weighted by molar-refractivity contribution is 7.80. The highest BCUT2D eigenvalue weighted by Crippen LogP contribution is 2.35. The number of carbonyl (C=O) groups is 2. The number of rotatable bonds is 6. The van der Waals surface area contributed by atoms with Crippen LogP contribution in [0.15, 0.2) is 36.4 Å².